The lowest BCUT2D eigenvalue weighted by Gasteiger charge is -2.31. The van der Waals surface area contributed by atoms with Crippen LogP contribution in [0, 0.1) is 12.8 Å². The average molecular weight is 543 g/mol. The number of piperidine rings is 1. The lowest BCUT2D eigenvalue weighted by Crippen LogP contribution is -2.38. The minimum Gasteiger partial charge on any atom is -0.477 e. The highest BCUT2D eigenvalue weighted by Gasteiger charge is 2.25. The van der Waals surface area contributed by atoms with Gasteiger partial charge in [0.2, 0.25) is 5.88 Å². The maximum absolute atomic E-state index is 11.6. The summed E-state index contributed by atoms with van der Waals surface area (Å²) in [6, 6.07) is 13.5. The number of likely N-dealkylation sites (tertiary alicyclic amines) is 1. The first-order chi connectivity index (χ1) is 19.5. The maximum Gasteiger partial charge on any atom is 0.354 e. The molecule has 2 aliphatic heterocycles. The zero-order valence-corrected chi connectivity index (χ0v) is 22.7. The van der Waals surface area contributed by atoms with Crippen LogP contribution in [0.15, 0.2) is 48.7 Å². The summed E-state index contributed by atoms with van der Waals surface area (Å²) in [5.41, 5.74) is 3.80. The first-order valence-corrected chi connectivity index (χ1v) is 13.9. The van der Waals surface area contributed by atoms with Gasteiger partial charge in [0.15, 0.2) is 11.3 Å². The second-order valence-electron chi connectivity index (χ2n) is 10.8. The highest BCUT2D eigenvalue weighted by molar-refractivity contribution is 5.88. The molecule has 1 atom stereocenters. The summed E-state index contributed by atoms with van der Waals surface area (Å²) in [5, 5.41) is 9.47. The largest absolute Gasteiger partial charge is 0.477 e. The van der Waals surface area contributed by atoms with Crippen molar-refractivity contribution in [2.45, 2.75) is 51.8 Å². The van der Waals surface area contributed by atoms with E-state index < -0.39 is 5.97 Å². The maximum atomic E-state index is 11.6. The van der Waals surface area contributed by atoms with Gasteiger partial charge in [-0.15, -0.1) is 0 Å². The van der Waals surface area contributed by atoms with Crippen molar-refractivity contribution < 1.29 is 19.4 Å². The molecule has 2 saturated heterocycles. The average Bonchev–Trinajstić information content (AvgIpc) is 3.59. The minimum atomic E-state index is -1.03. The number of aryl methyl sites for hydroxylation is 1. The second-order valence-corrected chi connectivity index (χ2v) is 10.8. The number of fused-ring (bicyclic) bond motifs is 1. The van der Waals surface area contributed by atoms with Crippen LogP contribution in [0.4, 0.5) is 0 Å². The van der Waals surface area contributed by atoms with E-state index in [1.165, 1.54) is 17.2 Å². The van der Waals surface area contributed by atoms with Gasteiger partial charge in [0.1, 0.15) is 23.3 Å². The molecule has 10 nitrogen and oxygen atoms in total. The fourth-order valence-corrected chi connectivity index (χ4v) is 5.44. The van der Waals surface area contributed by atoms with Gasteiger partial charge in [-0.05, 0) is 43.9 Å². The van der Waals surface area contributed by atoms with Gasteiger partial charge in [-0.2, -0.15) is 4.98 Å². The fourth-order valence-electron chi connectivity index (χ4n) is 5.44. The third-order valence-electron chi connectivity index (χ3n) is 7.70. The van der Waals surface area contributed by atoms with E-state index in [0.29, 0.717) is 37.0 Å². The van der Waals surface area contributed by atoms with E-state index in [1.807, 2.05) is 6.07 Å². The molecule has 0 unspecified atom stereocenters. The van der Waals surface area contributed by atoms with E-state index in [9.17, 15) is 9.90 Å². The smallest absolute Gasteiger partial charge is 0.354 e. The van der Waals surface area contributed by atoms with Crippen LogP contribution in [0.1, 0.15) is 52.5 Å². The molecule has 208 valence electrons. The Balaban J connectivity index is 1.10. The van der Waals surface area contributed by atoms with Crippen molar-refractivity contribution in [1.29, 1.82) is 0 Å². The Hall–Kier alpha value is -3.89. The molecule has 0 amide bonds. The number of rotatable bonds is 9. The third-order valence-corrected chi connectivity index (χ3v) is 7.70. The number of imidazole rings is 1. The van der Waals surface area contributed by atoms with E-state index in [1.54, 1.807) is 12.3 Å². The molecule has 2 fully saturated rings. The molecule has 40 heavy (non-hydrogen) atoms. The van der Waals surface area contributed by atoms with Crippen molar-refractivity contribution in [1.82, 2.24) is 29.4 Å². The molecule has 10 heteroatoms. The van der Waals surface area contributed by atoms with Crippen molar-refractivity contribution >= 4 is 17.1 Å². The Morgan fingerprint density at radius 3 is 2.62 bits per heavy atom. The number of benzene rings is 1. The number of aromatic carboxylic acids is 1. The zero-order valence-electron chi connectivity index (χ0n) is 22.7. The molecule has 4 aromatic rings. The summed E-state index contributed by atoms with van der Waals surface area (Å²) in [5.74, 6) is 1.62. The van der Waals surface area contributed by atoms with Gasteiger partial charge in [0.25, 0.3) is 0 Å². The van der Waals surface area contributed by atoms with E-state index in [4.69, 9.17) is 14.5 Å². The lowest BCUT2D eigenvalue weighted by atomic mass is 10.1. The number of carboxylic acid groups (broad SMARTS) is 1. The van der Waals surface area contributed by atoms with Crippen molar-refractivity contribution in [3.8, 4) is 5.88 Å². The Bertz CT molecular complexity index is 1470. The number of carbonyl (C=O) groups is 1. The SMILES string of the molecule is Cc1ccc(Cc2nccc(OC3CCN(Cc4nc5ccc(C(=O)O)nc5n4C[C@H]4CCOC4)CC3)n2)cc1. The number of nitrogens with zero attached hydrogens (tertiary/aromatic N) is 6. The molecule has 5 heterocycles. The fraction of sp³-hybridized carbons (Fsp3) is 0.433. The molecule has 0 radical (unpaired) electrons. The first kappa shape index (κ1) is 26.3. The summed E-state index contributed by atoms with van der Waals surface area (Å²) >= 11 is 0. The number of ether oxygens (including phenoxy) is 2. The Morgan fingerprint density at radius 1 is 1.05 bits per heavy atom. The summed E-state index contributed by atoms with van der Waals surface area (Å²) in [7, 11) is 0. The normalized spacial score (nSPS) is 18.4. The molecular formula is C30H34N6O4. The molecule has 0 saturated carbocycles. The topological polar surface area (TPSA) is 115 Å². The first-order valence-electron chi connectivity index (χ1n) is 13.9. The van der Waals surface area contributed by atoms with Gasteiger partial charge in [-0.25, -0.2) is 19.7 Å². The second kappa shape index (κ2) is 11.7. The van der Waals surface area contributed by atoms with E-state index in [-0.39, 0.29) is 11.8 Å². The van der Waals surface area contributed by atoms with Crippen LogP contribution in [-0.4, -0.2) is 72.9 Å². The van der Waals surface area contributed by atoms with E-state index >= 15 is 0 Å². The number of carboxylic acids is 1. The van der Waals surface area contributed by atoms with Crippen LogP contribution in [-0.2, 0) is 24.2 Å². The Labute approximate surface area is 233 Å². The Kier molecular flexibility index (Phi) is 7.70. The summed E-state index contributed by atoms with van der Waals surface area (Å²) in [4.78, 5) is 32.3. The van der Waals surface area contributed by atoms with E-state index in [0.717, 1.165) is 62.7 Å². The molecule has 2 aliphatic rings. The van der Waals surface area contributed by atoms with Crippen LogP contribution >= 0.6 is 0 Å². The van der Waals surface area contributed by atoms with Crippen molar-refractivity contribution in [2.24, 2.45) is 5.92 Å². The van der Waals surface area contributed by atoms with Crippen LogP contribution in [0.5, 0.6) is 5.88 Å². The third kappa shape index (κ3) is 6.13. The monoisotopic (exact) mass is 542 g/mol. The predicted octanol–water partition coefficient (Wildman–Crippen LogP) is 3.90. The van der Waals surface area contributed by atoms with E-state index in [2.05, 4.69) is 55.6 Å². The van der Waals surface area contributed by atoms with Gasteiger partial charge in [0, 0.05) is 50.8 Å². The van der Waals surface area contributed by atoms with Gasteiger partial charge in [0.05, 0.1) is 13.2 Å². The lowest BCUT2D eigenvalue weighted by molar-refractivity contribution is 0.0690. The molecule has 0 aliphatic carbocycles. The molecule has 1 N–H and O–H groups in total. The van der Waals surface area contributed by atoms with Crippen LogP contribution in [0.25, 0.3) is 11.2 Å². The molecular weight excluding hydrogens is 508 g/mol. The molecule has 0 bridgehead atoms. The zero-order chi connectivity index (χ0) is 27.5. The summed E-state index contributed by atoms with van der Waals surface area (Å²) in [6.07, 6.45) is 5.28. The highest BCUT2D eigenvalue weighted by Crippen LogP contribution is 2.24. The number of hydrogen-bond acceptors (Lipinski definition) is 8. The van der Waals surface area contributed by atoms with Gasteiger partial charge in [-0.3, -0.25) is 4.90 Å². The quantitative estimate of drug-likeness (QED) is 0.336. The van der Waals surface area contributed by atoms with Crippen LogP contribution < -0.4 is 4.74 Å². The summed E-state index contributed by atoms with van der Waals surface area (Å²) in [6.45, 7) is 6.68. The minimum absolute atomic E-state index is 0.0348. The number of aromatic nitrogens is 5. The molecule has 3 aromatic heterocycles. The van der Waals surface area contributed by atoms with Crippen LogP contribution in [0.3, 0.4) is 0 Å². The predicted molar refractivity (Wildman–Crippen MR) is 148 cm³/mol. The van der Waals surface area contributed by atoms with Crippen molar-refractivity contribution in [3.05, 3.63) is 77.1 Å². The van der Waals surface area contributed by atoms with Crippen molar-refractivity contribution in [2.75, 3.05) is 26.3 Å². The highest BCUT2D eigenvalue weighted by atomic mass is 16.5. The standard InChI is InChI=1S/C30H34N6O4/c1-20-2-4-21(5-3-20)16-26-31-12-8-28(34-26)40-23-9-13-35(14-10-23)18-27-32-24-6-7-25(30(37)38)33-29(24)36(27)17-22-11-15-39-19-22/h2-8,12,22-23H,9-11,13-19H2,1H3,(H,37,38)/t22-/m1/s1. The van der Waals surface area contributed by atoms with Gasteiger partial charge < -0.3 is 19.1 Å². The van der Waals surface area contributed by atoms with Crippen LogP contribution in [0.2, 0.25) is 0 Å². The Morgan fingerprint density at radius 2 is 1.88 bits per heavy atom. The van der Waals surface area contributed by atoms with Gasteiger partial charge >= 0.3 is 5.97 Å². The number of hydrogen-bond donors (Lipinski definition) is 1. The van der Waals surface area contributed by atoms with Crippen molar-refractivity contribution in [3.63, 3.8) is 0 Å². The van der Waals surface area contributed by atoms with Gasteiger partial charge in [-0.1, -0.05) is 29.8 Å². The summed E-state index contributed by atoms with van der Waals surface area (Å²) < 4.78 is 14.0. The number of pyridine rings is 1. The molecule has 6 rings (SSSR count). The molecule has 0 spiro atoms. The molecule has 1 aromatic carbocycles.